The standard InChI is InChI=1S/C15H24N4O/c1-11(2)18-5-7-19(8-6-18)15(20)12-3-4-13-14(9-12)17-10-16-13/h10-12H,3-9H2,1-2H3,(H,16,17). The molecule has 1 aromatic heterocycles. The third-order valence-corrected chi connectivity index (χ3v) is 4.69. The fourth-order valence-electron chi connectivity index (χ4n) is 3.33. The van der Waals surface area contributed by atoms with Crippen LogP contribution in [0.25, 0.3) is 0 Å². The molecule has 5 heteroatoms. The summed E-state index contributed by atoms with van der Waals surface area (Å²) in [7, 11) is 0. The van der Waals surface area contributed by atoms with Gasteiger partial charge in [-0.3, -0.25) is 9.69 Å². The van der Waals surface area contributed by atoms with Gasteiger partial charge in [0.05, 0.1) is 12.0 Å². The Morgan fingerprint density at radius 3 is 2.80 bits per heavy atom. The maximum atomic E-state index is 12.6. The molecule has 2 heterocycles. The number of carbonyl (C=O) groups excluding carboxylic acids is 1. The van der Waals surface area contributed by atoms with E-state index in [2.05, 4.69) is 33.6 Å². The van der Waals surface area contributed by atoms with Crippen molar-refractivity contribution in [1.29, 1.82) is 0 Å². The fraction of sp³-hybridized carbons (Fsp3) is 0.733. The summed E-state index contributed by atoms with van der Waals surface area (Å²) in [5.41, 5.74) is 2.31. The Hall–Kier alpha value is -1.36. The number of hydrogen-bond acceptors (Lipinski definition) is 3. The molecule has 1 fully saturated rings. The van der Waals surface area contributed by atoms with Gasteiger partial charge in [-0.15, -0.1) is 0 Å². The van der Waals surface area contributed by atoms with E-state index in [9.17, 15) is 4.79 Å². The summed E-state index contributed by atoms with van der Waals surface area (Å²) in [5, 5.41) is 0. The first-order chi connectivity index (χ1) is 9.65. The summed E-state index contributed by atoms with van der Waals surface area (Å²) in [5.74, 6) is 0.488. The zero-order valence-electron chi connectivity index (χ0n) is 12.4. The summed E-state index contributed by atoms with van der Waals surface area (Å²) >= 11 is 0. The number of amides is 1. The Kier molecular flexibility index (Phi) is 3.78. The molecule has 0 bridgehead atoms. The topological polar surface area (TPSA) is 52.2 Å². The first-order valence-corrected chi connectivity index (χ1v) is 7.69. The van der Waals surface area contributed by atoms with E-state index in [4.69, 9.17) is 0 Å². The van der Waals surface area contributed by atoms with Crippen LogP contribution >= 0.6 is 0 Å². The van der Waals surface area contributed by atoms with Crippen LogP contribution < -0.4 is 0 Å². The van der Waals surface area contributed by atoms with Gasteiger partial charge in [-0.05, 0) is 26.7 Å². The lowest BCUT2D eigenvalue weighted by Crippen LogP contribution is -2.52. The fourth-order valence-corrected chi connectivity index (χ4v) is 3.33. The highest BCUT2D eigenvalue weighted by Crippen LogP contribution is 2.25. The monoisotopic (exact) mass is 276 g/mol. The molecule has 20 heavy (non-hydrogen) atoms. The van der Waals surface area contributed by atoms with E-state index < -0.39 is 0 Å². The average Bonchev–Trinajstić information content (AvgIpc) is 2.94. The zero-order chi connectivity index (χ0) is 14.1. The van der Waals surface area contributed by atoms with E-state index in [0.29, 0.717) is 11.9 Å². The molecule has 1 amide bonds. The van der Waals surface area contributed by atoms with Gasteiger partial charge in [0.1, 0.15) is 0 Å². The molecule has 0 radical (unpaired) electrons. The molecule has 1 atom stereocenters. The summed E-state index contributed by atoms with van der Waals surface area (Å²) in [6, 6.07) is 0.578. The van der Waals surface area contributed by atoms with Crippen molar-refractivity contribution < 1.29 is 4.79 Å². The molecular formula is C15H24N4O. The van der Waals surface area contributed by atoms with Crippen molar-refractivity contribution in [3.05, 3.63) is 17.7 Å². The highest BCUT2D eigenvalue weighted by Gasteiger charge is 2.31. The number of aryl methyl sites for hydroxylation is 1. The smallest absolute Gasteiger partial charge is 0.226 e. The van der Waals surface area contributed by atoms with Gasteiger partial charge in [-0.1, -0.05) is 0 Å². The number of nitrogens with one attached hydrogen (secondary N) is 1. The Labute approximate surface area is 120 Å². The first kappa shape index (κ1) is 13.6. The van der Waals surface area contributed by atoms with Crippen LogP contribution in [0, 0.1) is 5.92 Å². The van der Waals surface area contributed by atoms with Gasteiger partial charge in [-0.2, -0.15) is 0 Å². The summed E-state index contributed by atoms with van der Waals surface area (Å²) in [6.07, 6.45) is 4.46. The molecule has 0 saturated carbocycles. The number of rotatable bonds is 2. The number of fused-ring (bicyclic) bond motifs is 1. The Morgan fingerprint density at radius 2 is 2.10 bits per heavy atom. The number of nitrogens with zero attached hydrogens (tertiary/aromatic N) is 3. The SMILES string of the molecule is CC(C)N1CCN(C(=O)C2CCc3nc[nH]c3C2)CC1. The average molecular weight is 276 g/mol. The number of piperazine rings is 1. The van der Waals surface area contributed by atoms with E-state index in [-0.39, 0.29) is 5.92 Å². The molecule has 1 N–H and O–H groups in total. The van der Waals surface area contributed by atoms with Crippen LogP contribution in [0.15, 0.2) is 6.33 Å². The normalized spacial score (nSPS) is 23.9. The molecule has 1 aliphatic heterocycles. The molecule has 1 aromatic rings. The summed E-state index contributed by atoms with van der Waals surface area (Å²) in [6.45, 7) is 8.21. The highest BCUT2D eigenvalue weighted by molar-refractivity contribution is 5.79. The minimum atomic E-state index is 0.147. The molecular weight excluding hydrogens is 252 g/mol. The van der Waals surface area contributed by atoms with Crippen molar-refractivity contribution in [2.24, 2.45) is 5.92 Å². The van der Waals surface area contributed by atoms with E-state index in [1.165, 1.54) is 0 Å². The van der Waals surface area contributed by atoms with Crippen molar-refractivity contribution in [3.63, 3.8) is 0 Å². The van der Waals surface area contributed by atoms with Gasteiger partial charge < -0.3 is 9.88 Å². The van der Waals surface area contributed by atoms with Gasteiger partial charge in [-0.25, -0.2) is 4.98 Å². The van der Waals surface area contributed by atoms with Crippen LogP contribution in [0.4, 0.5) is 0 Å². The predicted molar refractivity (Wildman–Crippen MR) is 77.4 cm³/mol. The van der Waals surface area contributed by atoms with Gasteiger partial charge in [0.15, 0.2) is 0 Å². The molecule has 110 valence electrons. The van der Waals surface area contributed by atoms with Gasteiger partial charge in [0.2, 0.25) is 5.91 Å². The first-order valence-electron chi connectivity index (χ1n) is 7.69. The second-order valence-electron chi connectivity index (χ2n) is 6.22. The number of carbonyl (C=O) groups is 1. The van der Waals surface area contributed by atoms with Crippen molar-refractivity contribution in [2.75, 3.05) is 26.2 Å². The lowest BCUT2D eigenvalue weighted by molar-refractivity contribution is -0.138. The second-order valence-corrected chi connectivity index (χ2v) is 6.22. The predicted octanol–water partition coefficient (Wildman–Crippen LogP) is 1.07. The number of aromatic nitrogens is 2. The largest absolute Gasteiger partial charge is 0.348 e. The van der Waals surface area contributed by atoms with E-state index in [0.717, 1.165) is 56.8 Å². The minimum absolute atomic E-state index is 0.147. The van der Waals surface area contributed by atoms with E-state index >= 15 is 0 Å². The van der Waals surface area contributed by atoms with Crippen molar-refractivity contribution in [2.45, 2.75) is 39.2 Å². The van der Waals surface area contributed by atoms with Crippen molar-refractivity contribution in [1.82, 2.24) is 19.8 Å². The molecule has 5 nitrogen and oxygen atoms in total. The van der Waals surface area contributed by atoms with Gasteiger partial charge in [0.25, 0.3) is 0 Å². The molecule has 1 aliphatic carbocycles. The summed E-state index contributed by atoms with van der Waals surface area (Å²) < 4.78 is 0. The van der Waals surface area contributed by atoms with Crippen molar-refractivity contribution >= 4 is 5.91 Å². The third-order valence-electron chi connectivity index (χ3n) is 4.69. The van der Waals surface area contributed by atoms with Crippen LogP contribution in [-0.2, 0) is 17.6 Å². The van der Waals surface area contributed by atoms with Crippen LogP contribution in [0.1, 0.15) is 31.7 Å². The molecule has 3 rings (SSSR count). The number of aromatic amines is 1. The molecule has 0 spiro atoms. The maximum absolute atomic E-state index is 12.6. The van der Waals surface area contributed by atoms with E-state index in [1.807, 2.05) is 0 Å². The van der Waals surface area contributed by atoms with E-state index in [1.54, 1.807) is 6.33 Å². The third kappa shape index (κ3) is 2.59. The number of H-pyrrole nitrogens is 1. The molecule has 0 aromatic carbocycles. The van der Waals surface area contributed by atoms with Crippen LogP contribution in [-0.4, -0.2) is 57.9 Å². The quantitative estimate of drug-likeness (QED) is 0.879. The Bertz CT molecular complexity index is 474. The lowest BCUT2D eigenvalue weighted by Gasteiger charge is -2.38. The number of imidazole rings is 1. The van der Waals surface area contributed by atoms with Gasteiger partial charge in [0, 0.05) is 50.3 Å². The maximum Gasteiger partial charge on any atom is 0.226 e. The van der Waals surface area contributed by atoms with Gasteiger partial charge >= 0.3 is 0 Å². The Balaban J connectivity index is 1.58. The minimum Gasteiger partial charge on any atom is -0.348 e. The lowest BCUT2D eigenvalue weighted by atomic mass is 9.88. The van der Waals surface area contributed by atoms with Crippen LogP contribution in [0.3, 0.4) is 0 Å². The second kappa shape index (κ2) is 5.56. The molecule has 2 aliphatic rings. The highest BCUT2D eigenvalue weighted by atomic mass is 16.2. The van der Waals surface area contributed by atoms with Crippen molar-refractivity contribution in [3.8, 4) is 0 Å². The zero-order valence-corrected chi connectivity index (χ0v) is 12.4. The molecule has 1 unspecified atom stereocenters. The Morgan fingerprint density at radius 1 is 1.35 bits per heavy atom. The van der Waals surface area contributed by atoms with Crippen LogP contribution in [0.5, 0.6) is 0 Å². The summed E-state index contributed by atoms with van der Waals surface area (Å²) in [4.78, 5) is 24.6. The van der Waals surface area contributed by atoms with Crippen LogP contribution in [0.2, 0.25) is 0 Å². The number of hydrogen-bond donors (Lipinski definition) is 1. The molecule has 1 saturated heterocycles.